The van der Waals surface area contributed by atoms with E-state index in [4.69, 9.17) is 13.8 Å². The zero-order valence-corrected chi connectivity index (χ0v) is 37.0. The first kappa shape index (κ1) is 55.0. The highest BCUT2D eigenvalue weighted by Crippen LogP contribution is 2.43. The van der Waals surface area contributed by atoms with Crippen molar-refractivity contribution in [1.82, 2.24) is 5.32 Å². The molecule has 0 bridgehead atoms. The summed E-state index contributed by atoms with van der Waals surface area (Å²) >= 11 is 0. The Morgan fingerprint density at radius 2 is 0.965 bits per heavy atom. The smallest absolute Gasteiger partial charge is 0.472 e. The number of phosphoric acid groups is 1. The minimum Gasteiger partial charge on any atom is -0.480 e. The molecule has 0 saturated heterocycles. The first-order valence-electron chi connectivity index (χ1n) is 22.9. The lowest BCUT2D eigenvalue weighted by Crippen LogP contribution is -2.43. The fourth-order valence-corrected chi connectivity index (χ4v) is 7.18. The summed E-state index contributed by atoms with van der Waals surface area (Å²) in [7, 11) is -4.75. The Morgan fingerprint density at radius 3 is 1.46 bits per heavy atom. The minimum absolute atomic E-state index is 0.149. The molecule has 0 aliphatic carbocycles. The lowest BCUT2D eigenvalue weighted by atomic mass is 10.0. The largest absolute Gasteiger partial charge is 0.480 e. The van der Waals surface area contributed by atoms with Crippen LogP contribution in [0.25, 0.3) is 0 Å². The standard InChI is InChI=1S/C45H84NO10P/c1-3-5-7-9-11-13-15-17-18-19-20-21-22-23-24-25-27-29-31-33-35-37-44(49)54-38-41(47)39-55-57(52,53)56-40-42(45(50)51)46-43(48)36-34-32-30-28-26-16-14-12-10-8-6-4-2/h11,13,17-18,41-42,47H,3-10,12,14-16,19-40H2,1-2H3,(H,46,48)(H,50,51)(H,52,53)/b13-11-,18-17-. The number of carboxylic acid groups (broad SMARTS) is 1. The van der Waals surface area contributed by atoms with Gasteiger partial charge in [0.05, 0.1) is 13.2 Å². The third-order valence-electron chi connectivity index (χ3n) is 9.99. The van der Waals surface area contributed by atoms with E-state index in [1.807, 2.05) is 0 Å². The summed E-state index contributed by atoms with van der Waals surface area (Å²) in [6.45, 7) is 2.57. The van der Waals surface area contributed by atoms with Gasteiger partial charge >= 0.3 is 19.8 Å². The molecule has 0 heterocycles. The highest BCUT2D eigenvalue weighted by atomic mass is 31.2. The predicted molar refractivity (Wildman–Crippen MR) is 231 cm³/mol. The molecule has 0 spiro atoms. The van der Waals surface area contributed by atoms with Gasteiger partial charge in [-0.25, -0.2) is 9.36 Å². The van der Waals surface area contributed by atoms with E-state index in [2.05, 4.69) is 43.5 Å². The van der Waals surface area contributed by atoms with Crippen molar-refractivity contribution >= 4 is 25.7 Å². The zero-order valence-electron chi connectivity index (χ0n) is 36.2. The second-order valence-corrected chi connectivity index (χ2v) is 17.0. The maximum absolute atomic E-state index is 12.3. The highest BCUT2D eigenvalue weighted by Gasteiger charge is 2.28. The van der Waals surface area contributed by atoms with Gasteiger partial charge in [-0.15, -0.1) is 0 Å². The number of esters is 1. The first-order valence-corrected chi connectivity index (χ1v) is 24.4. The fraction of sp³-hybridized carbons (Fsp3) is 0.844. The number of aliphatic carboxylic acids is 1. The van der Waals surface area contributed by atoms with E-state index in [0.717, 1.165) is 44.9 Å². The average molecular weight is 830 g/mol. The number of carbonyl (C=O) groups is 3. The summed E-state index contributed by atoms with van der Waals surface area (Å²) < 4.78 is 26.8. The molecule has 3 unspecified atom stereocenters. The Kier molecular flexibility index (Phi) is 39.3. The van der Waals surface area contributed by atoms with Gasteiger partial charge in [0.1, 0.15) is 12.7 Å². The number of ether oxygens (including phenoxy) is 1. The Labute approximate surface area is 347 Å². The molecule has 0 aliphatic rings. The molecule has 0 rings (SSSR count). The van der Waals surface area contributed by atoms with Crippen molar-refractivity contribution in [3.05, 3.63) is 24.3 Å². The highest BCUT2D eigenvalue weighted by molar-refractivity contribution is 7.47. The molecule has 0 aromatic heterocycles. The van der Waals surface area contributed by atoms with Crippen molar-refractivity contribution in [2.24, 2.45) is 0 Å². The van der Waals surface area contributed by atoms with Crippen molar-refractivity contribution in [2.45, 2.75) is 225 Å². The number of unbranched alkanes of at least 4 members (excludes halogenated alkanes) is 25. The van der Waals surface area contributed by atoms with Crippen LogP contribution in [0.2, 0.25) is 0 Å². The molecule has 11 nitrogen and oxygen atoms in total. The fourth-order valence-electron chi connectivity index (χ4n) is 6.40. The van der Waals surface area contributed by atoms with Crippen LogP contribution in [0.3, 0.4) is 0 Å². The number of hydrogen-bond acceptors (Lipinski definition) is 8. The van der Waals surface area contributed by atoms with E-state index in [1.165, 1.54) is 128 Å². The number of aliphatic hydroxyl groups excluding tert-OH is 1. The normalized spacial score (nSPS) is 13.9. The Balaban J connectivity index is 3.82. The number of phosphoric ester groups is 1. The summed E-state index contributed by atoms with van der Waals surface area (Å²) in [5, 5.41) is 21.8. The van der Waals surface area contributed by atoms with E-state index < -0.39 is 57.6 Å². The molecule has 334 valence electrons. The molecule has 0 aromatic carbocycles. The van der Waals surface area contributed by atoms with Gasteiger partial charge in [0, 0.05) is 12.8 Å². The topological polar surface area (TPSA) is 169 Å². The van der Waals surface area contributed by atoms with Gasteiger partial charge < -0.3 is 25.2 Å². The Bertz CT molecular complexity index is 1070. The quantitative estimate of drug-likeness (QED) is 0.0201. The van der Waals surface area contributed by atoms with Crippen LogP contribution >= 0.6 is 7.82 Å². The summed E-state index contributed by atoms with van der Waals surface area (Å²) in [6.07, 6.45) is 42.0. The molecular weight excluding hydrogens is 745 g/mol. The van der Waals surface area contributed by atoms with E-state index in [9.17, 15) is 34.1 Å². The van der Waals surface area contributed by atoms with Crippen molar-refractivity contribution in [3.63, 3.8) is 0 Å². The molecule has 0 radical (unpaired) electrons. The first-order chi connectivity index (χ1) is 27.6. The van der Waals surface area contributed by atoms with Crippen molar-refractivity contribution < 1.29 is 47.8 Å². The number of carboxylic acids is 1. The molecule has 0 aromatic rings. The maximum atomic E-state index is 12.3. The summed E-state index contributed by atoms with van der Waals surface area (Å²) in [5.41, 5.74) is 0. The van der Waals surface area contributed by atoms with Gasteiger partial charge in [-0.3, -0.25) is 18.6 Å². The lowest BCUT2D eigenvalue weighted by Gasteiger charge is -2.18. The van der Waals surface area contributed by atoms with Crippen LogP contribution in [0, 0.1) is 0 Å². The SMILES string of the molecule is CCCCC/C=C\C/C=C\CCCCCCCCCCCCCC(=O)OCC(O)COP(=O)(O)OCC(NC(=O)CCCCCCCCCCCCCC)C(=O)O. The molecule has 0 fully saturated rings. The number of amides is 1. The number of rotatable bonds is 43. The van der Waals surface area contributed by atoms with Crippen molar-refractivity contribution in [2.75, 3.05) is 19.8 Å². The minimum atomic E-state index is -4.75. The van der Waals surface area contributed by atoms with E-state index in [-0.39, 0.29) is 12.8 Å². The average Bonchev–Trinajstić information content (AvgIpc) is 3.18. The van der Waals surface area contributed by atoms with Crippen molar-refractivity contribution in [3.8, 4) is 0 Å². The van der Waals surface area contributed by atoms with Gasteiger partial charge in [-0.05, 0) is 44.9 Å². The number of aliphatic hydroxyl groups is 1. The number of nitrogens with one attached hydrogen (secondary N) is 1. The van der Waals surface area contributed by atoms with Crippen LogP contribution in [0.1, 0.15) is 213 Å². The van der Waals surface area contributed by atoms with Crippen LogP contribution in [0.4, 0.5) is 0 Å². The number of allylic oxidation sites excluding steroid dienone is 4. The number of carbonyl (C=O) groups excluding carboxylic acids is 2. The molecule has 57 heavy (non-hydrogen) atoms. The van der Waals surface area contributed by atoms with Crippen LogP contribution in [0.5, 0.6) is 0 Å². The second-order valence-electron chi connectivity index (χ2n) is 15.6. The van der Waals surface area contributed by atoms with E-state index in [0.29, 0.717) is 12.8 Å². The molecule has 4 N–H and O–H groups in total. The lowest BCUT2D eigenvalue weighted by molar-refractivity contribution is -0.147. The summed E-state index contributed by atoms with van der Waals surface area (Å²) in [6, 6.07) is -1.54. The molecular formula is C45H84NO10P. The van der Waals surface area contributed by atoms with E-state index in [1.54, 1.807) is 0 Å². The van der Waals surface area contributed by atoms with Crippen molar-refractivity contribution in [1.29, 1.82) is 0 Å². The summed E-state index contributed by atoms with van der Waals surface area (Å²) in [4.78, 5) is 45.9. The van der Waals surface area contributed by atoms with Gasteiger partial charge in [0.25, 0.3) is 0 Å². The van der Waals surface area contributed by atoms with Gasteiger partial charge in [-0.2, -0.15) is 0 Å². The third kappa shape index (κ3) is 40.5. The molecule has 0 aliphatic heterocycles. The van der Waals surface area contributed by atoms with Gasteiger partial charge in [0.15, 0.2) is 6.04 Å². The van der Waals surface area contributed by atoms with Crippen LogP contribution in [-0.4, -0.2) is 64.9 Å². The Hall–Kier alpha value is -2.04. The van der Waals surface area contributed by atoms with Crippen LogP contribution < -0.4 is 5.32 Å². The summed E-state index contributed by atoms with van der Waals surface area (Å²) in [5.74, 6) is -2.37. The number of hydrogen-bond donors (Lipinski definition) is 4. The van der Waals surface area contributed by atoms with Crippen LogP contribution in [-0.2, 0) is 32.7 Å². The molecule has 0 saturated carbocycles. The van der Waals surface area contributed by atoms with Gasteiger partial charge in [-0.1, -0.05) is 179 Å². The zero-order chi connectivity index (χ0) is 42.1. The van der Waals surface area contributed by atoms with Crippen LogP contribution in [0.15, 0.2) is 24.3 Å². The van der Waals surface area contributed by atoms with Gasteiger partial charge in [0.2, 0.25) is 5.91 Å². The molecule has 1 amide bonds. The molecule has 12 heteroatoms. The second kappa shape index (κ2) is 40.7. The van der Waals surface area contributed by atoms with E-state index >= 15 is 0 Å². The molecule has 3 atom stereocenters. The predicted octanol–water partition coefficient (Wildman–Crippen LogP) is 11.8. The maximum Gasteiger partial charge on any atom is 0.472 e. The Morgan fingerprint density at radius 1 is 0.561 bits per heavy atom. The third-order valence-corrected chi connectivity index (χ3v) is 10.9. The monoisotopic (exact) mass is 830 g/mol.